The second kappa shape index (κ2) is 6.57. The number of aromatic nitrogens is 1. The number of pyridine rings is 1. The average molecular weight is 239 g/mol. The van der Waals surface area contributed by atoms with Crippen molar-refractivity contribution in [2.75, 3.05) is 6.54 Å². The first kappa shape index (κ1) is 13.1. The van der Waals surface area contributed by atoms with Gasteiger partial charge in [-0.2, -0.15) is 4.39 Å². The van der Waals surface area contributed by atoms with Crippen LogP contribution in [0.2, 0.25) is 0 Å². The molecule has 0 aliphatic heterocycles. The standard InChI is InChI=1S/C11H14FN3O2/c12-9-7-8(4-6-14-9)11(17)15-5-2-1-3-10(13)16/h4,6-7H,1-3,5H2,(H2,13,16)(H,15,17). The highest BCUT2D eigenvalue weighted by molar-refractivity contribution is 5.93. The summed E-state index contributed by atoms with van der Waals surface area (Å²) in [6.45, 7) is 0.427. The Balaban J connectivity index is 2.28. The molecule has 0 spiro atoms. The van der Waals surface area contributed by atoms with E-state index in [-0.39, 0.29) is 17.4 Å². The van der Waals surface area contributed by atoms with E-state index in [9.17, 15) is 14.0 Å². The van der Waals surface area contributed by atoms with Crippen molar-refractivity contribution in [2.45, 2.75) is 19.3 Å². The van der Waals surface area contributed by atoms with Gasteiger partial charge < -0.3 is 11.1 Å². The highest BCUT2D eigenvalue weighted by atomic mass is 19.1. The first-order valence-corrected chi connectivity index (χ1v) is 5.27. The number of primary amides is 1. The van der Waals surface area contributed by atoms with Crippen LogP contribution in [0, 0.1) is 5.95 Å². The molecule has 1 aromatic heterocycles. The van der Waals surface area contributed by atoms with Crippen molar-refractivity contribution >= 4 is 11.8 Å². The van der Waals surface area contributed by atoms with Crippen LogP contribution in [0.5, 0.6) is 0 Å². The van der Waals surface area contributed by atoms with Crippen molar-refractivity contribution in [3.8, 4) is 0 Å². The Kier molecular flexibility index (Phi) is 5.06. The maximum Gasteiger partial charge on any atom is 0.251 e. The number of hydrogen-bond donors (Lipinski definition) is 2. The summed E-state index contributed by atoms with van der Waals surface area (Å²) in [5.74, 6) is -1.40. The lowest BCUT2D eigenvalue weighted by atomic mass is 10.2. The SMILES string of the molecule is NC(=O)CCCCNC(=O)c1ccnc(F)c1. The van der Waals surface area contributed by atoms with E-state index in [0.717, 1.165) is 6.07 Å². The molecule has 0 saturated carbocycles. The molecule has 0 radical (unpaired) electrons. The molecule has 3 N–H and O–H groups in total. The summed E-state index contributed by atoms with van der Waals surface area (Å²) < 4.78 is 12.7. The Bertz CT molecular complexity index is 409. The highest BCUT2D eigenvalue weighted by Gasteiger charge is 2.05. The zero-order valence-electron chi connectivity index (χ0n) is 9.28. The molecular formula is C11H14FN3O2. The highest BCUT2D eigenvalue weighted by Crippen LogP contribution is 2.00. The number of rotatable bonds is 6. The van der Waals surface area contributed by atoms with Gasteiger partial charge in [-0.3, -0.25) is 9.59 Å². The molecule has 0 atom stereocenters. The number of nitrogens with one attached hydrogen (secondary N) is 1. The third kappa shape index (κ3) is 5.05. The van der Waals surface area contributed by atoms with Crippen LogP contribution >= 0.6 is 0 Å². The lowest BCUT2D eigenvalue weighted by molar-refractivity contribution is -0.118. The fourth-order valence-electron chi connectivity index (χ4n) is 1.27. The van der Waals surface area contributed by atoms with Crippen LogP contribution in [0.1, 0.15) is 29.6 Å². The van der Waals surface area contributed by atoms with Gasteiger partial charge in [-0.1, -0.05) is 0 Å². The molecule has 1 rings (SSSR count). The zero-order chi connectivity index (χ0) is 12.7. The maximum absolute atomic E-state index is 12.7. The summed E-state index contributed by atoms with van der Waals surface area (Å²) >= 11 is 0. The first-order valence-electron chi connectivity index (χ1n) is 5.27. The first-order chi connectivity index (χ1) is 8.09. The van der Waals surface area contributed by atoms with Gasteiger partial charge in [0.25, 0.3) is 5.91 Å². The third-order valence-electron chi connectivity index (χ3n) is 2.12. The van der Waals surface area contributed by atoms with Crippen molar-refractivity contribution in [2.24, 2.45) is 5.73 Å². The lowest BCUT2D eigenvalue weighted by Gasteiger charge is -2.04. The molecule has 0 aliphatic carbocycles. The van der Waals surface area contributed by atoms with E-state index in [0.29, 0.717) is 25.8 Å². The number of carbonyl (C=O) groups is 2. The molecule has 0 unspecified atom stereocenters. The summed E-state index contributed by atoms with van der Waals surface area (Å²) in [5.41, 5.74) is 5.20. The molecule has 0 aromatic carbocycles. The van der Waals surface area contributed by atoms with Gasteiger partial charge >= 0.3 is 0 Å². The molecule has 1 aromatic rings. The summed E-state index contributed by atoms with van der Waals surface area (Å²) in [7, 11) is 0. The van der Waals surface area contributed by atoms with Crippen molar-refractivity contribution in [1.82, 2.24) is 10.3 Å². The van der Waals surface area contributed by atoms with Crippen LogP contribution in [0.3, 0.4) is 0 Å². The Morgan fingerprint density at radius 1 is 1.41 bits per heavy atom. The second-order valence-corrected chi connectivity index (χ2v) is 3.55. The van der Waals surface area contributed by atoms with Crippen LogP contribution in [0.25, 0.3) is 0 Å². The van der Waals surface area contributed by atoms with Gasteiger partial charge in [0.1, 0.15) is 0 Å². The van der Waals surface area contributed by atoms with Crippen LogP contribution in [0.4, 0.5) is 4.39 Å². The Labute approximate surface area is 98.2 Å². The van der Waals surface area contributed by atoms with Gasteiger partial charge in [-0.05, 0) is 18.9 Å². The molecule has 2 amide bonds. The van der Waals surface area contributed by atoms with Gasteiger partial charge in [0.05, 0.1) is 0 Å². The molecule has 6 heteroatoms. The van der Waals surface area contributed by atoms with E-state index in [1.807, 2.05) is 0 Å². The lowest BCUT2D eigenvalue weighted by Crippen LogP contribution is -2.24. The third-order valence-corrected chi connectivity index (χ3v) is 2.12. The van der Waals surface area contributed by atoms with Crippen LogP contribution in [-0.4, -0.2) is 23.3 Å². The van der Waals surface area contributed by atoms with Crippen molar-refractivity contribution in [3.05, 3.63) is 29.8 Å². The fourth-order valence-corrected chi connectivity index (χ4v) is 1.27. The molecule has 1 heterocycles. The van der Waals surface area contributed by atoms with Gasteiger partial charge in [0, 0.05) is 30.8 Å². The van der Waals surface area contributed by atoms with E-state index in [2.05, 4.69) is 10.3 Å². The van der Waals surface area contributed by atoms with E-state index < -0.39 is 5.95 Å². The van der Waals surface area contributed by atoms with E-state index in [1.54, 1.807) is 0 Å². The predicted molar refractivity (Wildman–Crippen MR) is 59.6 cm³/mol. The summed E-state index contributed by atoms with van der Waals surface area (Å²) in [5, 5.41) is 2.61. The molecular weight excluding hydrogens is 225 g/mol. The number of hydrogen-bond acceptors (Lipinski definition) is 3. The molecule has 0 saturated heterocycles. The Morgan fingerprint density at radius 2 is 2.18 bits per heavy atom. The van der Waals surface area contributed by atoms with E-state index in [1.165, 1.54) is 12.3 Å². The number of nitrogens with zero attached hydrogens (tertiary/aromatic N) is 1. The molecule has 5 nitrogen and oxygen atoms in total. The minimum atomic E-state index is -0.689. The van der Waals surface area contributed by atoms with Gasteiger partial charge in [-0.25, -0.2) is 4.98 Å². The average Bonchev–Trinajstić information content (AvgIpc) is 2.28. The zero-order valence-corrected chi connectivity index (χ0v) is 9.28. The van der Waals surface area contributed by atoms with Crippen LogP contribution in [-0.2, 0) is 4.79 Å². The quantitative estimate of drug-likeness (QED) is 0.563. The van der Waals surface area contributed by atoms with Crippen LogP contribution in [0.15, 0.2) is 18.3 Å². The topological polar surface area (TPSA) is 85.1 Å². The molecule has 0 fully saturated rings. The number of amides is 2. The predicted octanol–water partition coefficient (Wildman–Crippen LogP) is 0.606. The van der Waals surface area contributed by atoms with Gasteiger partial charge in [0.15, 0.2) is 0 Å². The summed E-state index contributed by atoms with van der Waals surface area (Å²) in [6.07, 6.45) is 2.82. The van der Waals surface area contributed by atoms with Gasteiger partial charge in [-0.15, -0.1) is 0 Å². The van der Waals surface area contributed by atoms with Crippen LogP contribution < -0.4 is 11.1 Å². The summed E-state index contributed by atoms with van der Waals surface area (Å²) in [6, 6.07) is 2.50. The smallest absolute Gasteiger partial charge is 0.251 e. The molecule has 92 valence electrons. The Hall–Kier alpha value is -1.98. The molecule has 17 heavy (non-hydrogen) atoms. The van der Waals surface area contributed by atoms with E-state index in [4.69, 9.17) is 5.73 Å². The minimum absolute atomic E-state index is 0.229. The Morgan fingerprint density at radius 3 is 2.82 bits per heavy atom. The molecule has 0 aliphatic rings. The van der Waals surface area contributed by atoms with Crippen molar-refractivity contribution < 1.29 is 14.0 Å². The fraction of sp³-hybridized carbons (Fsp3) is 0.364. The number of halogens is 1. The number of unbranched alkanes of at least 4 members (excludes halogenated alkanes) is 1. The van der Waals surface area contributed by atoms with E-state index >= 15 is 0 Å². The normalized spacial score (nSPS) is 9.94. The minimum Gasteiger partial charge on any atom is -0.370 e. The monoisotopic (exact) mass is 239 g/mol. The number of nitrogens with two attached hydrogens (primary N) is 1. The molecule has 0 bridgehead atoms. The number of carbonyl (C=O) groups excluding carboxylic acids is 2. The van der Waals surface area contributed by atoms with Crippen molar-refractivity contribution in [3.63, 3.8) is 0 Å². The van der Waals surface area contributed by atoms with Crippen molar-refractivity contribution in [1.29, 1.82) is 0 Å². The largest absolute Gasteiger partial charge is 0.370 e. The second-order valence-electron chi connectivity index (χ2n) is 3.55. The van der Waals surface area contributed by atoms with Gasteiger partial charge in [0.2, 0.25) is 11.9 Å². The maximum atomic E-state index is 12.7. The summed E-state index contributed by atoms with van der Waals surface area (Å²) in [4.78, 5) is 25.3.